The smallest absolute Gasteiger partial charge is 0.270 e. The van der Waals surface area contributed by atoms with Gasteiger partial charge in [0.1, 0.15) is 5.75 Å². The normalized spacial score (nSPS) is 18.5. The van der Waals surface area contributed by atoms with Crippen LogP contribution in [0.4, 0.5) is 17.1 Å². The van der Waals surface area contributed by atoms with E-state index in [1.165, 1.54) is 23.9 Å². The van der Waals surface area contributed by atoms with Gasteiger partial charge in [-0.25, -0.2) is 4.99 Å². The van der Waals surface area contributed by atoms with E-state index in [1.807, 2.05) is 12.1 Å². The zero-order chi connectivity index (χ0) is 24.8. The highest BCUT2D eigenvalue weighted by molar-refractivity contribution is 8.18. The van der Waals surface area contributed by atoms with E-state index in [-0.39, 0.29) is 11.6 Å². The van der Waals surface area contributed by atoms with Gasteiger partial charge in [-0.3, -0.25) is 19.8 Å². The van der Waals surface area contributed by atoms with Crippen molar-refractivity contribution in [3.05, 3.63) is 63.0 Å². The summed E-state index contributed by atoms with van der Waals surface area (Å²) in [7, 11) is 3.16. The maximum atomic E-state index is 13.3. The molecule has 2 aliphatic heterocycles. The number of morpholine rings is 1. The van der Waals surface area contributed by atoms with E-state index in [1.54, 1.807) is 43.4 Å². The fourth-order valence-electron chi connectivity index (χ4n) is 3.74. The Balaban J connectivity index is 1.71. The lowest BCUT2D eigenvalue weighted by atomic mass is 10.1. The van der Waals surface area contributed by atoms with E-state index in [9.17, 15) is 14.9 Å². The van der Waals surface area contributed by atoms with Gasteiger partial charge >= 0.3 is 0 Å². The van der Waals surface area contributed by atoms with Crippen LogP contribution in [0.1, 0.15) is 5.56 Å². The fourth-order valence-corrected chi connectivity index (χ4v) is 4.76. The molecule has 0 aliphatic carbocycles. The number of thioether (sulfide) groups is 1. The van der Waals surface area contributed by atoms with Gasteiger partial charge in [-0.05, 0) is 48.2 Å². The fraction of sp³-hybridized carbons (Fsp3) is 0.333. The van der Waals surface area contributed by atoms with Crippen molar-refractivity contribution >= 4 is 46.0 Å². The number of hydrogen-bond donors (Lipinski definition) is 0. The molecule has 1 amide bonds. The number of carbonyl (C=O) groups excluding carboxylic acids is 1. The second-order valence-corrected chi connectivity index (χ2v) is 8.76. The molecule has 0 unspecified atom stereocenters. The van der Waals surface area contributed by atoms with Crippen LogP contribution in [0.15, 0.2) is 52.4 Å². The maximum absolute atomic E-state index is 13.3. The number of amides is 1. The number of hydrogen-bond acceptors (Lipinski definition) is 9. The van der Waals surface area contributed by atoms with Gasteiger partial charge in [0.15, 0.2) is 5.17 Å². The van der Waals surface area contributed by atoms with Crippen LogP contribution in [0.5, 0.6) is 5.75 Å². The molecular weight excluding hydrogens is 472 g/mol. The zero-order valence-electron chi connectivity index (χ0n) is 19.5. The highest BCUT2D eigenvalue weighted by Crippen LogP contribution is 2.37. The van der Waals surface area contributed by atoms with Crippen molar-refractivity contribution in [1.82, 2.24) is 4.90 Å². The van der Waals surface area contributed by atoms with Crippen molar-refractivity contribution < 1.29 is 23.9 Å². The number of nitrogens with zero attached hydrogens (tertiary/aromatic N) is 4. The van der Waals surface area contributed by atoms with Crippen LogP contribution >= 0.6 is 11.8 Å². The van der Waals surface area contributed by atoms with E-state index in [4.69, 9.17) is 14.2 Å². The third kappa shape index (κ3) is 5.81. The Morgan fingerprint density at radius 3 is 2.57 bits per heavy atom. The van der Waals surface area contributed by atoms with E-state index >= 15 is 0 Å². The van der Waals surface area contributed by atoms with Gasteiger partial charge in [-0.2, -0.15) is 0 Å². The van der Waals surface area contributed by atoms with E-state index in [0.717, 1.165) is 5.69 Å². The number of benzene rings is 2. The lowest BCUT2D eigenvalue weighted by molar-refractivity contribution is -0.384. The number of ether oxygens (including phenoxy) is 3. The number of methoxy groups -OCH3 is 2. The van der Waals surface area contributed by atoms with Gasteiger partial charge in [-0.1, -0.05) is 0 Å². The Bertz CT molecular complexity index is 1150. The SMILES string of the molecule is COCCN1C(=O)/C(=C\c2cc([N+](=O)[O-])ccc2N2CCOCC2)SC1=Nc1ccc(OC)cc1. The molecule has 2 aromatic rings. The molecule has 0 spiro atoms. The molecule has 0 aromatic heterocycles. The molecule has 0 atom stereocenters. The largest absolute Gasteiger partial charge is 0.497 e. The molecule has 0 bridgehead atoms. The maximum Gasteiger partial charge on any atom is 0.270 e. The number of nitro benzene ring substituents is 1. The number of rotatable bonds is 8. The van der Waals surface area contributed by atoms with Gasteiger partial charge in [0.05, 0.1) is 49.0 Å². The second-order valence-electron chi connectivity index (χ2n) is 7.75. The summed E-state index contributed by atoms with van der Waals surface area (Å²) >= 11 is 1.23. The summed E-state index contributed by atoms with van der Waals surface area (Å²) in [6, 6.07) is 11.9. The molecule has 0 radical (unpaired) electrons. The van der Waals surface area contributed by atoms with Gasteiger partial charge in [0.25, 0.3) is 11.6 Å². The first kappa shape index (κ1) is 24.7. The van der Waals surface area contributed by atoms with Crippen LogP contribution in [0.3, 0.4) is 0 Å². The molecule has 2 fully saturated rings. The summed E-state index contributed by atoms with van der Waals surface area (Å²) in [6.07, 6.45) is 1.71. The predicted octanol–water partition coefficient (Wildman–Crippen LogP) is 3.69. The third-order valence-electron chi connectivity index (χ3n) is 5.56. The summed E-state index contributed by atoms with van der Waals surface area (Å²) in [5.41, 5.74) is 2.07. The van der Waals surface area contributed by atoms with Crippen molar-refractivity contribution in [3.63, 3.8) is 0 Å². The van der Waals surface area contributed by atoms with Gasteiger partial charge in [0, 0.05) is 43.6 Å². The zero-order valence-corrected chi connectivity index (χ0v) is 20.3. The van der Waals surface area contributed by atoms with Crippen molar-refractivity contribution in [3.8, 4) is 5.75 Å². The average molecular weight is 499 g/mol. The monoisotopic (exact) mass is 498 g/mol. The van der Waals surface area contributed by atoms with Crippen LogP contribution in [0.25, 0.3) is 6.08 Å². The molecule has 10 nitrogen and oxygen atoms in total. The Kier molecular flexibility index (Phi) is 8.01. The van der Waals surface area contributed by atoms with Crippen LogP contribution in [0.2, 0.25) is 0 Å². The van der Waals surface area contributed by atoms with Crippen LogP contribution in [-0.2, 0) is 14.3 Å². The van der Waals surface area contributed by atoms with Crippen LogP contribution in [0, 0.1) is 10.1 Å². The first-order chi connectivity index (χ1) is 17.0. The van der Waals surface area contributed by atoms with E-state index in [2.05, 4.69) is 9.89 Å². The minimum absolute atomic E-state index is 0.0346. The molecule has 2 heterocycles. The number of non-ortho nitro benzene ring substituents is 1. The van der Waals surface area contributed by atoms with Crippen molar-refractivity contribution in [2.75, 3.05) is 58.6 Å². The first-order valence-electron chi connectivity index (χ1n) is 11.0. The summed E-state index contributed by atoms with van der Waals surface area (Å²) in [5.74, 6) is 0.487. The minimum atomic E-state index is -0.434. The molecule has 0 saturated carbocycles. The quantitative estimate of drug-likeness (QED) is 0.308. The Labute approximate surface area is 207 Å². The topological polar surface area (TPSA) is 107 Å². The molecule has 2 saturated heterocycles. The molecule has 2 aromatic carbocycles. The van der Waals surface area contributed by atoms with E-state index < -0.39 is 4.92 Å². The van der Waals surface area contributed by atoms with E-state index in [0.29, 0.717) is 66.5 Å². The van der Waals surface area contributed by atoms with Gasteiger partial charge in [0.2, 0.25) is 0 Å². The standard InChI is InChI=1S/C24H26N4O6S/c1-32-12-11-27-23(29)22(35-24(27)25-18-3-6-20(33-2)7-4-18)16-17-15-19(28(30)31)5-8-21(17)26-9-13-34-14-10-26/h3-8,15-16H,9-14H2,1-2H3/b22-16+,25-24?. The lowest BCUT2D eigenvalue weighted by Gasteiger charge is -2.30. The predicted molar refractivity (Wildman–Crippen MR) is 135 cm³/mol. The molecule has 0 N–H and O–H groups in total. The first-order valence-corrected chi connectivity index (χ1v) is 11.9. The molecule has 35 heavy (non-hydrogen) atoms. The second kappa shape index (κ2) is 11.3. The number of aliphatic imine (C=N–C) groups is 1. The molecule has 184 valence electrons. The molecule has 11 heteroatoms. The molecule has 4 rings (SSSR count). The number of nitro groups is 1. The summed E-state index contributed by atoms with van der Waals surface area (Å²) in [5, 5.41) is 12.0. The van der Waals surface area contributed by atoms with Crippen LogP contribution < -0.4 is 9.64 Å². The van der Waals surface area contributed by atoms with Crippen molar-refractivity contribution in [1.29, 1.82) is 0 Å². The lowest BCUT2D eigenvalue weighted by Crippen LogP contribution is -2.36. The van der Waals surface area contributed by atoms with Crippen molar-refractivity contribution in [2.45, 2.75) is 0 Å². The number of anilines is 1. The van der Waals surface area contributed by atoms with Gasteiger partial charge in [-0.15, -0.1) is 0 Å². The summed E-state index contributed by atoms with van der Waals surface area (Å²) in [4.78, 5) is 33.1. The van der Waals surface area contributed by atoms with Crippen LogP contribution in [-0.4, -0.2) is 74.6 Å². The minimum Gasteiger partial charge on any atom is -0.497 e. The highest BCUT2D eigenvalue weighted by atomic mass is 32.2. The average Bonchev–Trinajstić information content (AvgIpc) is 3.17. The number of amidine groups is 1. The Morgan fingerprint density at radius 2 is 1.91 bits per heavy atom. The van der Waals surface area contributed by atoms with Crippen molar-refractivity contribution in [2.24, 2.45) is 4.99 Å². The summed E-state index contributed by atoms with van der Waals surface area (Å²) < 4.78 is 15.8. The Morgan fingerprint density at radius 1 is 1.17 bits per heavy atom. The Hall–Kier alpha value is -3.41. The third-order valence-corrected chi connectivity index (χ3v) is 6.57. The summed E-state index contributed by atoms with van der Waals surface area (Å²) in [6.45, 7) is 3.16. The molecular formula is C24H26N4O6S. The van der Waals surface area contributed by atoms with Gasteiger partial charge < -0.3 is 19.1 Å². The number of carbonyl (C=O) groups is 1. The molecule has 2 aliphatic rings. The highest BCUT2D eigenvalue weighted by Gasteiger charge is 2.33.